The molecule has 0 amide bonds. The number of nitriles is 1. The zero-order valence-corrected chi connectivity index (χ0v) is 21.0. The average molecular weight is 489 g/mol. The lowest BCUT2D eigenvalue weighted by molar-refractivity contribution is -0.0137. The molecular formula is C28H32N4O4. The van der Waals surface area contributed by atoms with Crippen LogP contribution in [0.2, 0.25) is 0 Å². The molecule has 3 aliphatic rings. The zero-order chi connectivity index (χ0) is 25.1. The van der Waals surface area contributed by atoms with Crippen LogP contribution in [-0.2, 0) is 22.3 Å². The molecule has 188 valence electrons. The second kappa shape index (κ2) is 10.9. The van der Waals surface area contributed by atoms with Crippen molar-refractivity contribution < 1.29 is 18.9 Å². The Morgan fingerprint density at radius 3 is 1.92 bits per heavy atom. The number of fused-ring (bicyclic) bond motifs is 2. The molecule has 8 heteroatoms. The first-order chi connectivity index (χ1) is 17.6. The van der Waals surface area contributed by atoms with E-state index in [0.29, 0.717) is 36.0 Å². The standard InChI is InChI=1S/C28H32N4O4/c1-30-24-13-20-5-11-36-28(23(20)15-26(24)34-3)18-32-8-6-31(7-9-32)17-27-22-14-25(33-2)21(16-29)12-19(22)4-10-35-27/h12-15,27-28H,4-11,17-18H2,2-3H3. The second-order valence-corrected chi connectivity index (χ2v) is 9.52. The average Bonchev–Trinajstić information content (AvgIpc) is 2.92. The van der Waals surface area contributed by atoms with Crippen LogP contribution in [0.4, 0.5) is 5.69 Å². The molecule has 0 spiro atoms. The number of piperazine rings is 1. The number of methoxy groups -OCH3 is 2. The molecule has 3 aliphatic heterocycles. The van der Waals surface area contributed by atoms with Crippen LogP contribution in [0.25, 0.3) is 4.85 Å². The van der Waals surface area contributed by atoms with Crippen molar-refractivity contribution in [2.45, 2.75) is 25.0 Å². The minimum atomic E-state index is -0.0143. The topological polar surface area (TPSA) is 71.6 Å². The summed E-state index contributed by atoms with van der Waals surface area (Å²) in [6, 6.07) is 10.1. The molecule has 2 aromatic rings. The quantitative estimate of drug-likeness (QED) is 0.575. The van der Waals surface area contributed by atoms with Crippen LogP contribution in [0.15, 0.2) is 24.3 Å². The van der Waals surface area contributed by atoms with Crippen molar-refractivity contribution in [3.8, 4) is 17.6 Å². The third-order valence-corrected chi connectivity index (χ3v) is 7.53. The van der Waals surface area contributed by atoms with Gasteiger partial charge in [0.25, 0.3) is 0 Å². The van der Waals surface area contributed by atoms with E-state index in [2.05, 4.69) is 20.7 Å². The SMILES string of the molecule is [C-]#[N+]c1cc2c(cc1OC)C(CN1CCN(CC3OCCc4cc(C#N)c(OC)cc43)CC1)OCC2. The maximum Gasteiger partial charge on any atom is 0.228 e. The highest BCUT2D eigenvalue weighted by Gasteiger charge is 2.29. The van der Waals surface area contributed by atoms with E-state index in [-0.39, 0.29) is 12.2 Å². The molecule has 2 aromatic carbocycles. The van der Waals surface area contributed by atoms with Crippen LogP contribution in [0.1, 0.15) is 40.0 Å². The highest BCUT2D eigenvalue weighted by molar-refractivity contribution is 5.62. The summed E-state index contributed by atoms with van der Waals surface area (Å²) in [5.41, 5.74) is 5.82. The van der Waals surface area contributed by atoms with E-state index >= 15 is 0 Å². The number of benzene rings is 2. The fourth-order valence-corrected chi connectivity index (χ4v) is 5.53. The predicted octanol–water partition coefficient (Wildman–Crippen LogP) is 3.67. The highest BCUT2D eigenvalue weighted by Crippen LogP contribution is 2.38. The number of rotatable bonds is 6. The Morgan fingerprint density at radius 1 is 0.889 bits per heavy atom. The Labute approximate surface area is 212 Å². The van der Waals surface area contributed by atoms with E-state index in [1.807, 2.05) is 24.3 Å². The minimum Gasteiger partial charge on any atom is -0.508 e. The van der Waals surface area contributed by atoms with Crippen molar-refractivity contribution in [1.29, 1.82) is 5.26 Å². The molecule has 5 rings (SSSR count). The molecule has 0 bridgehead atoms. The van der Waals surface area contributed by atoms with Gasteiger partial charge in [0, 0.05) is 39.3 Å². The molecular weight excluding hydrogens is 456 g/mol. The van der Waals surface area contributed by atoms with Gasteiger partial charge in [0.05, 0.1) is 51.8 Å². The van der Waals surface area contributed by atoms with Crippen LogP contribution in [0, 0.1) is 17.9 Å². The van der Waals surface area contributed by atoms with Crippen LogP contribution in [0.3, 0.4) is 0 Å². The van der Waals surface area contributed by atoms with Gasteiger partial charge in [-0.25, -0.2) is 4.85 Å². The summed E-state index contributed by atoms with van der Waals surface area (Å²) in [4.78, 5) is 8.54. The normalized spacial score (nSPS) is 22.1. The summed E-state index contributed by atoms with van der Waals surface area (Å²) in [5, 5.41) is 9.42. The molecule has 1 fully saturated rings. The summed E-state index contributed by atoms with van der Waals surface area (Å²) in [6.07, 6.45) is 1.63. The lowest BCUT2D eigenvalue weighted by atomic mass is 9.94. The van der Waals surface area contributed by atoms with Crippen LogP contribution < -0.4 is 9.47 Å². The Bertz CT molecular complexity index is 1100. The zero-order valence-electron chi connectivity index (χ0n) is 21.0. The molecule has 0 radical (unpaired) electrons. The maximum atomic E-state index is 9.42. The van der Waals surface area contributed by atoms with Crippen molar-refractivity contribution in [1.82, 2.24) is 9.80 Å². The summed E-state index contributed by atoms with van der Waals surface area (Å²) in [7, 11) is 3.22. The summed E-state index contributed by atoms with van der Waals surface area (Å²) >= 11 is 0. The van der Waals surface area contributed by atoms with Gasteiger partial charge in [0.2, 0.25) is 5.69 Å². The first kappa shape index (κ1) is 24.5. The third-order valence-electron chi connectivity index (χ3n) is 7.53. The monoisotopic (exact) mass is 488 g/mol. The number of nitrogens with zero attached hydrogens (tertiary/aromatic N) is 4. The Kier molecular flexibility index (Phi) is 7.41. The lowest BCUT2D eigenvalue weighted by Crippen LogP contribution is -2.49. The fourth-order valence-electron chi connectivity index (χ4n) is 5.53. The molecule has 3 heterocycles. The van der Waals surface area contributed by atoms with Gasteiger partial charge in [-0.3, -0.25) is 9.80 Å². The molecule has 2 atom stereocenters. The van der Waals surface area contributed by atoms with Gasteiger partial charge in [-0.15, -0.1) is 0 Å². The highest BCUT2D eigenvalue weighted by atomic mass is 16.5. The molecule has 0 saturated carbocycles. The van der Waals surface area contributed by atoms with E-state index in [4.69, 9.17) is 25.5 Å². The van der Waals surface area contributed by atoms with E-state index in [0.717, 1.165) is 63.2 Å². The van der Waals surface area contributed by atoms with Crippen LogP contribution >= 0.6 is 0 Å². The number of ether oxygens (including phenoxy) is 4. The van der Waals surface area contributed by atoms with E-state index in [9.17, 15) is 5.26 Å². The van der Waals surface area contributed by atoms with Gasteiger partial charge in [0.1, 0.15) is 17.6 Å². The molecule has 36 heavy (non-hydrogen) atoms. The molecule has 2 unspecified atom stereocenters. The second-order valence-electron chi connectivity index (χ2n) is 9.52. The van der Waals surface area contributed by atoms with Gasteiger partial charge < -0.3 is 18.9 Å². The van der Waals surface area contributed by atoms with Gasteiger partial charge in [-0.05, 0) is 53.8 Å². The minimum absolute atomic E-state index is 0.00988. The van der Waals surface area contributed by atoms with Crippen LogP contribution in [-0.4, -0.2) is 76.5 Å². The summed E-state index contributed by atoms with van der Waals surface area (Å²) in [6.45, 7) is 14.3. The Hall–Kier alpha value is -3.14. The first-order valence-corrected chi connectivity index (χ1v) is 12.5. The molecule has 1 saturated heterocycles. The van der Waals surface area contributed by atoms with Crippen molar-refractivity contribution in [2.24, 2.45) is 0 Å². The van der Waals surface area contributed by atoms with E-state index in [1.54, 1.807) is 14.2 Å². The number of hydrogen-bond donors (Lipinski definition) is 0. The van der Waals surface area contributed by atoms with Gasteiger partial charge in [-0.2, -0.15) is 5.26 Å². The third kappa shape index (κ3) is 4.91. The molecule has 0 aromatic heterocycles. The molecule has 8 nitrogen and oxygen atoms in total. The smallest absolute Gasteiger partial charge is 0.228 e. The molecule has 0 N–H and O–H groups in total. The van der Waals surface area contributed by atoms with Crippen molar-refractivity contribution in [2.75, 3.05) is 66.7 Å². The van der Waals surface area contributed by atoms with Crippen molar-refractivity contribution in [3.63, 3.8) is 0 Å². The van der Waals surface area contributed by atoms with E-state index in [1.165, 1.54) is 11.1 Å². The van der Waals surface area contributed by atoms with E-state index < -0.39 is 0 Å². The largest absolute Gasteiger partial charge is 0.508 e. The summed E-state index contributed by atoms with van der Waals surface area (Å²) in [5.74, 6) is 1.24. The van der Waals surface area contributed by atoms with Gasteiger partial charge in [-0.1, -0.05) is 5.56 Å². The van der Waals surface area contributed by atoms with Crippen molar-refractivity contribution in [3.05, 3.63) is 63.5 Å². The fraction of sp³-hybridized carbons (Fsp3) is 0.500. The van der Waals surface area contributed by atoms with Gasteiger partial charge in [0.15, 0.2) is 0 Å². The number of hydrogen-bond acceptors (Lipinski definition) is 7. The summed E-state index contributed by atoms with van der Waals surface area (Å²) < 4.78 is 23.2. The van der Waals surface area contributed by atoms with Crippen molar-refractivity contribution >= 4 is 5.69 Å². The lowest BCUT2D eigenvalue weighted by Gasteiger charge is -2.39. The predicted molar refractivity (Wildman–Crippen MR) is 135 cm³/mol. The Balaban J connectivity index is 1.21. The molecule has 0 aliphatic carbocycles. The Morgan fingerprint density at radius 2 is 1.42 bits per heavy atom. The first-order valence-electron chi connectivity index (χ1n) is 12.5. The van der Waals surface area contributed by atoms with Gasteiger partial charge >= 0.3 is 0 Å². The maximum absolute atomic E-state index is 9.42. The van der Waals surface area contributed by atoms with Crippen LogP contribution in [0.5, 0.6) is 11.5 Å².